The van der Waals surface area contributed by atoms with Crippen LogP contribution in [0.4, 0.5) is 17.5 Å². The number of H-pyrrole nitrogens is 1. The number of fused-ring (bicyclic) bond motifs is 1. The van der Waals surface area contributed by atoms with Gasteiger partial charge >= 0.3 is 0 Å². The highest BCUT2D eigenvalue weighted by Gasteiger charge is 2.35. The Hall–Kier alpha value is -4.14. The van der Waals surface area contributed by atoms with Crippen LogP contribution >= 0.6 is 0 Å². The minimum Gasteiger partial charge on any atom is -0.495 e. The van der Waals surface area contributed by atoms with Gasteiger partial charge in [0.2, 0.25) is 17.8 Å². The van der Waals surface area contributed by atoms with Gasteiger partial charge in [0.25, 0.3) is 5.56 Å². The van der Waals surface area contributed by atoms with Crippen LogP contribution < -0.4 is 25.8 Å². The second kappa shape index (κ2) is 10.5. The molecule has 1 aromatic heterocycles. The lowest BCUT2D eigenvalue weighted by molar-refractivity contribution is -0.123. The Labute approximate surface area is 215 Å². The van der Waals surface area contributed by atoms with E-state index in [1.165, 1.54) is 12.7 Å². The lowest BCUT2D eigenvalue weighted by Crippen LogP contribution is -2.40. The van der Waals surface area contributed by atoms with Crippen LogP contribution in [0.3, 0.4) is 0 Å². The molecule has 1 fully saturated rings. The van der Waals surface area contributed by atoms with Gasteiger partial charge in [0.1, 0.15) is 11.6 Å². The van der Waals surface area contributed by atoms with Gasteiger partial charge in [-0.3, -0.25) is 19.4 Å². The fraction of sp³-hybridized carbons (Fsp3) is 0.357. The Morgan fingerprint density at radius 2 is 1.89 bits per heavy atom. The van der Waals surface area contributed by atoms with Crippen molar-refractivity contribution >= 4 is 29.3 Å². The van der Waals surface area contributed by atoms with Gasteiger partial charge in [0, 0.05) is 19.5 Å². The van der Waals surface area contributed by atoms with E-state index in [1.807, 2.05) is 24.0 Å². The van der Waals surface area contributed by atoms with Gasteiger partial charge in [0.15, 0.2) is 0 Å². The van der Waals surface area contributed by atoms with Crippen molar-refractivity contribution in [1.29, 1.82) is 0 Å². The molecule has 0 saturated carbocycles. The molecular weight excluding hydrogens is 470 g/mol. The fourth-order valence-electron chi connectivity index (χ4n) is 5.17. The van der Waals surface area contributed by atoms with Crippen LogP contribution in [-0.2, 0) is 16.0 Å². The van der Waals surface area contributed by atoms with E-state index in [0.29, 0.717) is 23.3 Å². The highest BCUT2D eigenvalue weighted by atomic mass is 16.5. The van der Waals surface area contributed by atoms with Crippen LogP contribution in [0, 0.1) is 12.8 Å². The second-order valence-corrected chi connectivity index (χ2v) is 9.77. The van der Waals surface area contributed by atoms with Crippen molar-refractivity contribution in [2.75, 3.05) is 35.7 Å². The van der Waals surface area contributed by atoms with Crippen LogP contribution in [-0.4, -0.2) is 42.0 Å². The second-order valence-electron chi connectivity index (χ2n) is 9.77. The third-order valence-electron chi connectivity index (χ3n) is 7.15. The first-order valence-electron chi connectivity index (χ1n) is 12.6. The zero-order valence-corrected chi connectivity index (χ0v) is 21.0. The van der Waals surface area contributed by atoms with E-state index < -0.39 is 17.4 Å². The number of aromatic amines is 1. The van der Waals surface area contributed by atoms with E-state index >= 15 is 0 Å². The molecule has 0 spiro atoms. The fourth-order valence-corrected chi connectivity index (χ4v) is 5.17. The largest absolute Gasteiger partial charge is 0.495 e. The number of ether oxygens (including phenoxy) is 1. The first-order chi connectivity index (χ1) is 17.9. The molecule has 3 heterocycles. The van der Waals surface area contributed by atoms with E-state index in [1.54, 1.807) is 12.1 Å². The topological polar surface area (TPSA) is 116 Å². The maximum Gasteiger partial charge on any atom is 0.258 e. The number of amides is 2. The predicted octanol–water partition coefficient (Wildman–Crippen LogP) is 3.61. The van der Waals surface area contributed by atoms with Crippen LogP contribution in [0.2, 0.25) is 0 Å². The summed E-state index contributed by atoms with van der Waals surface area (Å²) in [6, 6.07) is 15.9. The third-order valence-corrected chi connectivity index (χ3v) is 7.15. The number of rotatable bonds is 6. The lowest BCUT2D eigenvalue weighted by Gasteiger charge is -2.33. The maximum absolute atomic E-state index is 13.2. The number of carbonyl (C=O) groups excluding carboxylic acids is 2. The Balaban J connectivity index is 1.33. The normalized spacial score (nSPS) is 17.6. The van der Waals surface area contributed by atoms with Gasteiger partial charge < -0.3 is 20.3 Å². The summed E-state index contributed by atoms with van der Waals surface area (Å²) in [6.45, 7) is 3.41. The summed E-state index contributed by atoms with van der Waals surface area (Å²) in [5.41, 5.74) is 2.51. The number of aryl methyl sites for hydroxylation is 1. The molecule has 5 rings (SSSR count). The van der Waals surface area contributed by atoms with Crippen LogP contribution in [0.1, 0.15) is 41.9 Å². The first kappa shape index (κ1) is 24.5. The molecule has 1 saturated heterocycles. The molecule has 0 radical (unpaired) electrons. The third kappa shape index (κ3) is 5.35. The molecule has 2 amide bonds. The van der Waals surface area contributed by atoms with Gasteiger partial charge in [-0.05, 0) is 55.4 Å². The summed E-state index contributed by atoms with van der Waals surface area (Å²) in [5, 5.41) is 5.53. The monoisotopic (exact) mass is 501 g/mol. The number of carbonyl (C=O) groups is 2. The molecule has 2 aromatic carbocycles. The molecule has 2 aliphatic rings. The quantitative estimate of drug-likeness (QED) is 0.475. The van der Waals surface area contributed by atoms with Crippen molar-refractivity contribution < 1.29 is 14.3 Å². The molecule has 0 aliphatic carbocycles. The molecule has 37 heavy (non-hydrogen) atoms. The van der Waals surface area contributed by atoms with E-state index in [2.05, 4.69) is 44.9 Å². The highest BCUT2D eigenvalue weighted by molar-refractivity contribution is 6.05. The number of aromatic nitrogens is 2. The predicted molar refractivity (Wildman–Crippen MR) is 142 cm³/mol. The molecule has 9 nitrogen and oxygen atoms in total. The average molecular weight is 502 g/mol. The Morgan fingerprint density at radius 3 is 2.62 bits per heavy atom. The molecule has 9 heteroatoms. The van der Waals surface area contributed by atoms with Crippen molar-refractivity contribution in [2.24, 2.45) is 5.92 Å². The Morgan fingerprint density at radius 1 is 1.14 bits per heavy atom. The van der Waals surface area contributed by atoms with E-state index in [9.17, 15) is 14.4 Å². The number of nitrogens with one attached hydrogen (secondary N) is 3. The molecule has 2 aliphatic heterocycles. The number of hydrogen-bond donors (Lipinski definition) is 3. The Bertz CT molecular complexity index is 1360. The van der Waals surface area contributed by atoms with Gasteiger partial charge in [-0.1, -0.05) is 36.4 Å². The molecule has 0 bridgehead atoms. The summed E-state index contributed by atoms with van der Waals surface area (Å²) >= 11 is 0. The molecule has 1 atom stereocenters. The Kier molecular flexibility index (Phi) is 6.94. The van der Waals surface area contributed by atoms with Gasteiger partial charge in [0.05, 0.1) is 24.3 Å². The van der Waals surface area contributed by atoms with Gasteiger partial charge in [-0.15, -0.1) is 0 Å². The minimum absolute atomic E-state index is 0.137. The minimum atomic E-state index is -0.962. The van der Waals surface area contributed by atoms with Crippen molar-refractivity contribution in [3.05, 3.63) is 75.6 Å². The van der Waals surface area contributed by atoms with E-state index in [0.717, 1.165) is 37.9 Å². The van der Waals surface area contributed by atoms with E-state index in [-0.39, 0.29) is 23.7 Å². The number of nitrogens with zero attached hydrogens (tertiary/aromatic N) is 2. The molecule has 3 N–H and O–H groups in total. The summed E-state index contributed by atoms with van der Waals surface area (Å²) in [6.07, 6.45) is 2.85. The number of anilines is 3. The highest BCUT2D eigenvalue weighted by Crippen LogP contribution is 2.33. The SMILES string of the molecule is COc1ccc(C)cc1NC(=O)C1CC(=O)Nc2nc(N3CCC(Cc4ccccc4)CC3)[nH]c(=O)c21. The molecule has 1 unspecified atom stereocenters. The number of benzene rings is 2. The van der Waals surface area contributed by atoms with E-state index in [4.69, 9.17) is 4.74 Å². The number of hydrogen-bond acceptors (Lipinski definition) is 6. The smallest absolute Gasteiger partial charge is 0.258 e. The average Bonchev–Trinajstić information content (AvgIpc) is 2.89. The zero-order chi connectivity index (χ0) is 25.9. The van der Waals surface area contributed by atoms with Crippen molar-refractivity contribution in [3.8, 4) is 5.75 Å². The maximum atomic E-state index is 13.2. The molecular formula is C28H31N5O4. The first-order valence-corrected chi connectivity index (χ1v) is 12.6. The molecule has 3 aromatic rings. The summed E-state index contributed by atoms with van der Waals surface area (Å²) in [7, 11) is 1.52. The summed E-state index contributed by atoms with van der Waals surface area (Å²) in [5.74, 6) is -0.139. The summed E-state index contributed by atoms with van der Waals surface area (Å²) < 4.78 is 5.35. The number of piperidine rings is 1. The summed E-state index contributed by atoms with van der Waals surface area (Å²) in [4.78, 5) is 48.4. The van der Waals surface area contributed by atoms with Crippen LogP contribution in [0.15, 0.2) is 53.3 Å². The number of methoxy groups -OCH3 is 1. The van der Waals surface area contributed by atoms with Crippen LogP contribution in [0.25, 0.3) is 0 Å². The zero-order valence-electron chi connectivity index (χ0n) is 21.0. The van der Waals surface area contributed by atoms with Crippen molar-refractivity contribution in [2.45, 2.75) is 38.5 Å². The van der Waals surface area contributed by atoms with Crippen molar-refractivity contribution in [3.63, 3.8) is 0 Å². The van der Waals surface area contributed by atoms with Crippen molar-refractivity contribution in [1.82, 2.24) is 9.97 Å². The lowest BCUT2D eigenvalue weighted by atomic mass is 9.90. The standard InChI is InChI=1S/C28H31N5O4/c1-17-8-9-22(37-2)21(14-17)29-26(35)20-16-23(34)30-25-24(20)27(36)32-28(31-25)33-12-10-19(11-13-33)15-18-6-4-3-5-7-18/h3-9,14,19-20H,10-13,15-16H2,1-2H3,(H,29,35)(H2,30,31,32,34,36). The van der Waals surface area contributed by atoms with Crippen LogP contribution in [0.5, 0.6) is 5.75 Å². The van der Waals surface area contributed by atoms with Gasteiger partial charge in [-0.25, -0.2) is 0 Å². The van der Waals surface area contributed by atoms with Gasteiger partial charge in [-0.2, -0.15) is 4.98 Å². The molecule has 192 valence electrons.